The van der Waals surface area contributed by atoms with Crippen molar-refractivity contribution in [2.75, 3.05) is 0 Å². The van der Waals surface area contributed by atoms with Crippen LogP contribution in [0.2, 0.25) is 0 Å². The normalized spacial score (nSPS) is 12.5. The Hall–Kier alpha value is -1.11. The van der Waals surface area contributed by atoms with Crippen LogP contribution < -0.4 is 0 Å². The molecule has 1 heteroatoms. The molecule has 1 aromatic heterocycles. The number of hydrogen-bond acceptors (Lipinski definition) is 1. The third-order valence-electron chi connectivity index (χ3n) is 2.12. The largest absolute Gasteiger partial charge is 0.253 e. The van der Waals surface area contributed by atoms with E-state index in [1.54, 1.807) is 6.08 Å². The van der Waals surface area contributed by atoms with Gasteiger partial charge in [0.15, 0.2) is 0 Å². The predicted octanol–water partition coefficient (Wildman–Crippen LogP) is 3.24. The van der Waals surface area contributed by atoms with Crippen molar-refractivity contribution in [3.63, 3.8) is 0 Å². The van der Waals surface area contributed by atoms with E-state index in [2.05, 4.69) is 31.5 Å². The number of rotatable bonds is 3. The summed E-state index contributed by atoms with van der Waals surface area (Å²) < 4.78 is 0. The Labute approximate surface area is 74.2 Å². The zero-order chi connectivity index (χ0) is 8.97. The van der Waals surface area contributed by atoms with Gasteiger partial charge in [-0.2, -0.15) is 0 Å². The molecule has 0 aliphatic rings. The lowest BCUT2D eigenvalue weighted by atomic mass is 10.0. The fourth-order valence-electron chi connectivity index (χ4n) is 1.07. The van der Waals surface area contributed by atoms with Crippen molar-refractivity contribution in [3.05, 3.63) is 36.2 Å². The first-order valence-corrected chi connectivity index (χ1v) is 4.37. The average Bonchev–Trinajstić information content (AvgIpc) is 2.17. The van der Waals surface area contributed by atoms with Gasteiger partial charge in [0.1, 0.15) is 0 Å². The molecule has 1 unspecified atom stereocenters. The first-order valence-electron chi connectivity index (χ1n) is 4.37. The summed E-state index contributed by atoms with van der Waals surface area (Å²) in [5.41, 5.74) is 2.13. The molecule has 0 saturated heterocycles. The molecule has 0 amide bonds. The minimum Gasteiger partial charge on any atom is -0.253 e. The number of aromatic nitrogens is 1. The van der Waals surface area contributed by atoms with Crippen LogP contribution in [0.25, 0.3) is 6.08 Å². The summed E-state index contributed by atoms with van der Waals surface area (Å²) in [5, 5.41) is 0. The minimum absolute atomic E-state index is 0.546. The van der Waals surface area contributed by atoms with Crippen molar-refractivity contribution in [1.29, 1.82) is 0 Å². The molecule has 0 saturated carbocycles. The number of nitrogens with zero attached hydrogens (tertiary/aromatic N) is 1. The quantitative estimate of drug-likeness (QED) is 0.663. The van der Waals surface area contributed by atoms with E-state index in [9.17, 15) is 0 Å². The van der Waals surface area contributed by atoms with Gasteiger partial charge in [-0.05, 0) is 30.5 Å². The van der Waals surface area contributed by atoms with Crippen LogP contribution in [-0.2, 0) is 0 Å². The first-order chi connectivity index (χ1) is 5.77. The lowest BCUT2D eigenvalue weighted by molar-refractivity contribution is 0.707. The third-order valence-corrected chi connectivity index (χ3v) is 2.12. The summed E-state index contributed by atoms with van der Waals surface area (Å²) in [5.74, 6) is 0.546. The molecule has 1 heterocycles. The van der Waals surface area contributed by atoms with Crippen LogP contribution in [0.15, 0.2) is 24.8 Å². The highest BCUT2D eigenvalue weighted by atomic mass is 14.7. The van der Waals surface area contributed by atoms with Crippen molar-refractivity contribution >= 4 is 6.08 Å². The summed E-state index contributed by atoms with van der Waals surface area (Å²) in [6.07, 6.45) is 2.92. The molecule has 1 aromatic rings. The Balaban J connectivity index is 2.93. The van der Waals surface area contributed by atoms with Crippen LogP contribution in [0.1, 0.15) is 37.6 Å². The molecule has 12 heavy (non-hydrogen) atoms. The molecule has 0 spiro atoms. The van der Waals surface area contributed by atoms with Gasteiger partial charge in [0, 0.05) is 5.69 Å². The molecule has 0 aliphatic heterocycles. The molecule has 0 radical (unpaired) electrons. The van der Waals surface area contributed by atoms with E-state index < -0.39 is 0 Å². The second-order valence-electron chi connectivity index (χ2n) is 3.00. The van der Waals surface area contributed by atoms with Crippen molar-refractivity contribution in [2.24, 2.45) is 0 Å². The van der Waals surface area contributed by atoms with E-state index in [1.165, 1.54) is 0 Å². The summed E-state index contributed by atoms with van der Waals surface area (Å²) in [4.78, 5) is 4.44. The minimum atomic E-state index is 0.546. The molecule has 1 nitrogen and oxygen atoms in total. The van der Waals surface area contributed by atoms with Gasteiger partial charge in [0.2, 0.25) is 0 Å². The Bertz CT molecular complexity index is 265. The van der Waals surface area contributed by atoms with Gasteiger partial charge >= 0.3 is 0 Å². The molecule has 0 N–H and O–H groups in total. The SMILES string of the molecule is C=Cc1cccc(C(C)CC)n1. The fraction of sp³-hybridized carbons (Fsp3) is 0.364. The van der Waals surface area contributed by atoms with Crippen LogP contribution in [0.3, 0.4) is 0 Å². The molecule has 0 aliphatic carbocycles. The van der Waals surface area contributed by atoms with Gasteiger partial charge < -0.3 is 0 Å². The smallest absolute Gasteiger partial charge is 0.0627 e. The van der Waals surface area contributed by atoms with Gasteiger partial charge in [0.05, 0.1) is 5.69 Å². The molecule has 0 aromatic carbocycles. The summed E-state index contributed by atoms with van der Waals surface area (Å²) >= 11 is 0. The second-order valence-corrected chi connectivity index (χ2v) is 3.00. The zero-order valence-corrected chi connectivity index (χ0v) is 7.75. The van der Waals surface area contributed by atoms with Crippen LogP contribution >= 0.6 is 0 Å². The van der Waals surface area contributed by atoms with Crippen LogP contribution in [0.4, 0.5) is 0 Å². The van der Waals surface area contributed by atoms with Gasteiger partial charge in [0.25, 0.3) is 0 Å². The summed E-state index contributed by atoms with van der Waals surface area (Å²) in [7, 11) is 0. The second kappa shape index (κ2) is 4.05. The molecular weight excluding hydrogens is 146 g/mol. The van der Waals surface area contributed by atoms with Gasteiger partial charge in [-0.3, -0.25) is 4.98 Å². The monoisotopic (exact) mass is 161 g/mol. The highest BCUT2D eigenvalue weighted by Crippen LogP contribution is 2.16. The molecule has 0 bridgehead atoms. The average molecular weight is 161 g/mol. The maximum absolute atomic E-state index is 4.44. The summed E-state index contributed by atoms with van der Waals surface area (Å²) in [6.45, 7) is 8.06. The van der Waals surface area contributed by atoms with E-state index >= 15 is 0 Å². The Morgan fingerprint density at radius 3 is 2.92 bits per heavy atom. The van der Waals surface area contributed by atoms with E-state index in [4.69, 9.17) is 0 Å². The van der Waals surface area contributed by atoms with E-state index in [-0.39, 0.29) is 0 Å². The standard InChI is InChI=1S/C11H15N/c1-4-9(3)11-8-6-7-10(5-2)12-11/h5-9H,2,4H2,1,3H3. The van der Waals surface area contributed by atoms with Gasteiger partial charge in [-0.15, -0.1) is 0 Å². The maximum Gasteiger partial charge on any atom is 0.0627 e. The van der Waals surface area contributed by atoms with Crippen LogP contribution in [0.5, 0.6) is 0 Å². The maximum atomic E-state index is 4.44. The third kappa shape index (κ3) is 1.94. The predicted molar refractivity (Wildman–Crippen MR) is 53.0 cm³/mol. The molecule has 0 fully saturated rings. The zero-order valence-electron chi connectivity index (χ0n) is 7.75. The van der Waals surface area contributed by atoms with Crippen molar-refractivity contribution in [2.45, 2.75) is 26.2 Å². The lowest BCUT2D eigenvalue weighted by Crippen LogP contribution is -1.95. The molecule has 64 valence electrons. The van der Waals surface area contributed by atoms with Gasteiger partial charge in [-0.1, -0.05) is 26.5 Å². The Morgan fingerprint density at radius 2 is 2.33 bits per heavy atom. The van der Waals surface area contributed by atoms with Crippen LogP contribution in [-0.4, -0.2) is 4.98 Å². The van der Waals surface area contributed by atoms with Crippen molar-refractivity contribution < 1.29 is 0 Å². The van der Waals surface area contributed by atoms with E-state index in [0.717, 1.165) is 17.8 Å². The van der Waals surface area contributed by atoms with Crippen molar-refractivity contribution in [3.8, 4) is 0 Å². The number of pyridine rings is 1. The van der Waals surface area contributed by atoms with Crippen LogP contribution in [0, 0.1) is 0 Å². The van der Waals surface area contributed by atoms with E-state index in [1.807, 2.05) is 12.1 Å². The fourth-order valence-corrected chi connectivity index (χ4v) is 1.07. The Morgan fingerprint density at radius 1 is 1.58 bits per heavy atom. The highest BCUT2D eigenvalue weighted by Gasteiger charge is 2.03. The topological polar surface area (TPSA) is 12.9 Å². The highest BCUT2D eigenvalue weighted by molar-refractivity contribution is 5.41. The molecular formula is C11H15N. The Kier molecular flexibility index (Phi) is 3.03. The first kappa shape index (κ1) is 8.98. The molecule has 1 rings (SSSR count). The summed E-state index contributed by atoms with van der Waals surface area (Å²) in [6, 6.07) is 6.07. The number of hydrogen-bond donors (Lipinski definition) is 0. The molecule has 1 atom stereocenters. The van der Waals surface area contributed by atoms with Gasteiger partial charge in [-0.25, -0.2) is 0 Å². The lowest BCUT2D eigenvalue weighted by Gasteiger charge is -2.07. The van der Waals surface area contributed by atoms with Crippen molar-refractivity contribution in [1.82, 2.24) is 4.98 Å². The van der Waals surface area contributed by atoms with E-state index in [0.29, 0.717) is 5.92 Å².